The highest BCUT2D eigenvalue weighted by Gasteiger charge is 2.29. The topological polar surface area (TPSA) is 64.9 Å². The summed E-state index contributed by atoms with van der Waals surface area (Å²) in [5.74, 6) is 0. The van der Waals surface area contributed by atoms with Crippen molar-refractivity contribution in [2.75, 3.05) is 11.5 Å². The molecule has 1 aromatic heterocycles. The van der Waals surface area contributed by atoms with Crippen LogP contribution in [0.15, 0.2) is 42.5 Å². The molecule has 3 heteroatoms. The molecule has 0 bridgehead atoms. The number of rotatable bonds is 1. The summed E-state index contributed by atoms with van der Waals surface area (Å²) in [5, 5.41) is 0.913. The fourth-order valence-electron chi connectivity index (χ4n) is 3.66. The van der Waals surface area contributed by atoms with Gasteiger partial charge < -0.3 is 11.5 Å². The Labute approximate surface area is 136 Å². The number of nitrogens with two attached hydrogens (primary N) is 2. The fourth-order valence-corrected chi connectivity index (χ4v) is 3.66. The van der Waals surface area contributed by atoms with Crippen LogP contribution in [0.2, 0.25) is 0 Å². The van der Waals surface area contributed by atoms with Gasteiger partial charge in [0.25, 0.3) is 0 Å². The summed E-state index contributed by atoms with van der Waals surface area (Å²) in [6, 6.07) is 14.4. The van der Waals surface area contributed by atoms with Crippen molar-refractivity contribution in [1.82, 2.24) is 4.98 Å². The molecule has 0 amide bonds. The first-order valence-electron chi connectivity index (χ1n) is 8.05. The van der Waals surface area contributed by atoms with Crippen molar-refractivity contribution in [2.24, 2.45) is 0 Å². The monoisotopic (exact) mass is 303 g/mol. The van der Waals surface area contributed by atoms with Crippen LogP contribution in [0.25, 0.3) is 22.2 Å². The average Bonchev–Trinajstić information content (AvgIpc) is 2.86. The predicted octanol–water partition coefficient (Wildman–Crippen LogP) is 4.29. The van der Waals surface area contributed by atoms with Crippen LogP contribution in [-0.4, -0.2) is 4.98 Å². The smallest absolute Gasteiger partial charge is 0.0960 e. The number of fused-ring (bicyclic) bond motifs is 2. The van der Waals surface area contributed by atoms with Gasteiger partial charge in [-0.3, -0.25) is 0 Å². The minimum absolute atomic E-state index is 0.259. The second-order valence-corrected chi connectivity index (χ2v) is 7.06. The molecule has 0 unspecified atom stereocenters. The maximum atomic E-state index is 6.29. The minimum Gasteiger partial charge on any atom is -0.396 e. The standard InChI is InChI=1S/C20H21N3/c1-20(2)10-9-12-11-13(7-8-15(12)20)19-18(22)17(21)14-5-3-4-6-16(14)23-19/h3-8,11H,9-10,22H2,1-2H3,(H2,21,23). The molecule has 1 heterocycles. The Bertz CT molecular complexity index is 926. The van der Waals surface area contributed by atoms with Gasteiger partial charge in [-0.05, 0) is 41.5 Å². The number of aryl methyl sites for hydroxylation is 1. The molecule has 2 aromatic carbocycles. The lowest BCUT2D eigenvalue weighted by Crippen LogP contribution is -2.11. The zero-order chi connectivity index (χ0) is 16.2. The van der Waals surface area contributed by atoms with Gasteiger partial charge in [0.1, 0.15) is 0 Å². The van der Waals surface area contributed by atoms with Gasteiger partial charge >= 0.3 is 0 Å². The number of benzene rings is 2. The first kappa shape index (κ1) is 14.1. The van der Waals surface area contributed by atoms with Crippen LogP contribution in [0, 0.1) is 0 Å². The quantitative estimate of drug-likeness (QED) is 0.705. The molecule has 0 aliphatic heterocycles. The summed E-state index contributed by atoms with van der Waals surface area (Å²) < 4.78 is 0. The fraction of sp³-hybridized carbons (Fsp3) is 0.250. The van der Waals surface area contributed by atoms with Gasteiger partial charge in [0.15, 0.2) is 0 Å². The molecule has 1 aliphatic carbocycles. The van der Waals surface area contributed by atoms with Crippen LogP contribution in [0.4, 0.5) is 11.4 Å². The highest BCUT2D eigenvalue weighted by atomic mass is 14.8. The molecule has 0 spiro atoms. The number of hydrogen-bond acceptors (Lipinski definition) is 3. The molecule has 0 radical (unpaired) electrons. The molecule has 4 N–H and O–H groups in total. The molecule has 4 rings (SSSR count). The van der Waals surface area contributed by atoms with E-state index in [1.54, 1.807) is 0 Å². The molecule has 116 valence electrons. The van der Waals surface area contributed by atoms with E-state index in [0.717, 1.165) is 28.6 Å². The highest BCUT2D eigenvalue weighted by Crippen LogP contribution is 2.41. The number of nitrogens with zero attached hydrogens (tertiary/aromatic N) is 1. The van der Waals surface area contributed by atoms with E-state index in [2.05, 4.69) is 32.0 Å². The number of anilines is 2. The molecule has 3 nitrogen and oxygen atoms in total. The van der Waals surface area contributed by atoms with Gasteiger partial charge in [-0.25, -0.2) is 4.98 Å². The van der Waals surface area contributed by atoms with Crippen LogP contribution in [0.3, 0.4) is 0 Å². The molecule has 3 aromatic rings. The van der Waals surface area contributed by atoms with Crippen molar-refractivity contribution < 1.29 is 0 Å². The Morgan fingerprint density at radius 2 is 1.78 bits per heavy atom. The van der Waals surface area contributed by atoms with Crippen molar-refractivity contribution in [3.05, 3.63) is 53.6 Å². The van der Waals surface area contributed by atoms with E-state index in [1.807, 2.05) is 24.3 Å². The van der Waals surface area contributed by atoms with Crippen molar-refractivity contribution in [3.63, 3.8) is 0 Å². The summed E-state index contributed by atoms with van der Waals surface area (Å²) in [6.07, 6.45) is 2.30. The second kappa shape index (κ2) is 4.72. The van der Waals surface area contributed by atoms with Crippen LogP contribution in [0.1, 0.15) is 31.4 Å². The van der Waals surface area contributed by atoms with Crippen LogP contribution < -0.4 is 11.5 Å². The largest absolute Gasteiger partial charge is 0.396 e. The highest BCUT2D eigenvalue weighted by molar-refractivity contribution is 6.00. The molecular weight excluding hydrogens is 282 g/mol. The van der Waals surface area contributed by atoms with E-state index in [9.17, 15) is 0 Å². The minimum atomic E-state index is 0.259. The first-order valence-corrected chi connectivity index (χ1v) is 8.05. The van der Waals surface area contributed by atoms with Crippen molar-refractivity contribution >= 4 is 22.3 Å². The van der Waals surface area contributed by atoms with Crippen LogP contribution in [-0.2, 0) is 11.8 Å². The van der Waals surface area contributed by atoms with E-state index in [1.165, 1.54) is 17.5 Å². The molecule has 0 saturated carbocycles. The summed E-state index contributed by atoms with van der Waals surface area (Å²) in [6.45, 7) is 4.61. The van der Waals surface area contributed by atoms with Gasteiger partial charge in [-0.2, -0.15) is 0 Å². The SMILES string of the molecule is CC1(C)CCc2cc(-c3nc4ccccc4c(N)c3N)ccc21. The third kappa shape index (κ3) is 2.07. The number of hydrogen-bond donors (Lipinski definition) is 2. The Hall–Kier alpha value is -2.55. The van der Waals surface area contributed by atoms with Crippen molar-refractivity contribution in [1.29, 1.82) is 0 Å². The Balaban J connectivity index is 1.92. The molecule has 23 heavy (non-hydrogen) atoms. The summed E-state index contributed by atoms with van der Waals surface area (Å²) in [7, 11) is 0. The van der Waals surface area contributed by atoms with Gasteiger partial charge in [-0.15, -0.1) is 0 Å². The maximum absolute atomic E-state index is 6.29. The molecule has 0 fully saturated rings. The summed E-state index contributed by atoms with van der Waals surface area (Å²) in [5.41, 5.74) is 19.5. The van der Waals surface area contributed by atoms with Crippen molar-refractivity contribution in [2.45, 2.75) is 32.1 Å². The Kier molecular flexibility index (Phi) is 2.89. The van der Waals surface area contributed by atoms with E-state index < -0.39 is 0 Å². The third-order valence-electron chi connectivity index (χ3n) is 5.10. The Morgan fingerprint density at radius 1 is 1.00 bits per heavy atom. The normalized spacial score (nSPS) is 15.7. The lowest BCUT2D eigenvalue weighted by atomic mass is 9.86. The number of pyridine rings is 1. The zero-order valence-electron chi connectivity index (χ0n) is 13.6. The first-order chi connectivity index (χ1) is 11.0. The predicted molar refractivity (Wildman–Crippen MR) is 97.4 cm³/mol. The maximum Gasteiger partial charge on any atom is 0.0960 e. The van der Waals surface area contributed by atoms with Crippen LogP contribution in [0.5, 0.6) is 0 Å². The van der Waals surface area contributed by atoms with Crippen molar-refractivity contribution in [3.8, 4) is 11.3 Å². The number of nitrogen functional groups attached to an aromatic ring is 2. The van der Waals surface area contributed by atoms with E-state index in [4.69, 9.17) is 16.5 Å². The summed E-state index contributed by atoms with van der Waals surface area (Å²) >= 11 is 0. The van der Waals surface area contributed by atoms with Gasteiger partial charge in [0.2, 0.25) is 0 Å². The zero-order valence-corrected chi connectivity index (χ0v) is 13.6. The third-order valence-corrected chi connectivity index (χ3v) is 5.10. The molecular formula is C20H21N3. The Morgan fingerprint density at radius 3 is 2.61 bits per heavy atom. The molecule has 0 atom stereocenters. The number of aromatic nitrogens is 1. The number of para-hydroxylation sites is 1. The molecule has 1 aliphatic rings. The van der Waals surface area contributed by atoms with E-state index in [0.29, 0.717) is 11.4 Å². The lowest BCUT2D eigenvalue weighted by molar-refractivity contribution is 0.522. The average molecular weight is 303 g/mol. The lowest BCUT2D eigenvalue weighted by Gasteiger charge is -2.19. The molecule has 0 saturated heterocycles. The van der Waals surface area contributed by atoms with E-state index in [-0.39, 0.29) is 5.41 Å². The summed E-state index contributed by atoms with van der Waals surface area (Å²) in [4.78, 5) is 4.76. The van der Waals surface area contributed by atoms with Crippen LogP contribution >= 0.6 is 0 Å². The van der Waals surface area contributed by atoms with E-state index >= 15 is 0 Å². The second-order valence-electron chi connectivity index (χ2n) is 7.06. The van der Waals surface area contributed by atoms with Gasteiger partial charge in [0, 0.05) is 10.9 Å². The van der Waals surface area contributed by atoms with Gasteiger partial charge in [0.05, 0.1) is 22.6 Å². The van der Waals surface area contributed by atoms with Gasteiger partial charge in [-0.1, -0.05) is 44.2 Å².